The fourth-order valence-electron chi connectivity index (χ4n) is 2.48. The van der Waals surface area contributed by atoms with E-state index in [4.69, 9.17) is 0 Å². The van der Waals surface area contributed by atoms with Gasteiger partial charge in [-0.3, -0.25) is 14.9 Å². The number of amides is 1. The number of hydrogen-bond acceptors (Lipinski definition) is 4. The highest BCUT2D eigenvalue weighted by Gasteiger charge is 2.18. The second kappa shape index (κ2) is 7.51. The Balaban J connectivity index is 1.91. The van der Waals surface area contributed by atoms with Crippen LogP contribution in [-0.2, 0) is 4.79 Å². The Morgan fingerprint density at radius 3 is 2.81 bits per heavy atom. The Kier molecular flexibility index (Phi) is 5.69. The molecule has 1 heterocycles. The highest BCUT2D eigenvalue weighted by molar-refractivity contribution is 9.10. The first-order valence-corrected chi connectivity index (χ1v) is 7.80. The third-order valence-electron chi connectivity index (χ3n) is 3.67. The van der Waals surface area contributed by atoms with Crippen LogP contribution in [0.25, 0.3) is 0 Å². The molecule has 2 rings (SSSR count). The predicted molar refractivity (Wildman–Crippen MR) is 84.3 cm³/mol. The van der Waals surface area contributed by atoms with E-state index in [1.807, 2.05) is 0 Å². The van der Waals surface area contributed by atoms with Crippen LogP contribution in [0, 0.1) is 16.0 Å². The summed E-state index contributed by atoms with van der Waals surface area (Å²) in [6.45, 7) is 2.01. The lowest BCUT2D eigenvalue weighted by Crippen LogP contribution is -2.28. The fraction of sp³-hybridized carbons (Fsp3) is 0.500. The maximum Gasteiger partial charge on any atom is 0.293 e. The van der Waals surface area contributed by atoms with Gasteiger partial charge in [0.05, 0.1) is 4.92 Å². The van der Waals surface area contributed by atoms with Gasteiger partial charge in [0.25, 0.3) is 5.69 Å². The summed E-state index contributed by atoms with van der Waals surface area (Å²) in [5, 5.41) is 16.9. The molecule has 0 bridgehead atoms. The van der Waals surface area contributed by atoms with Gasteiger partial charge in [-0.25, -0.2) is 0 Å². The van der Waals surface area contributed by atoms with E-state index in [9.17, 15) is 14.9 Å². The van der Waals surface area contributed by atoms with Gasteiger partial charge in [0.2, 0.25) is 5.91 Å². The number of nitrogens with zero attached hydrogens (tertiary/aromatic N) is 1. The van der Waals surface area contributed by atoms with E-state index in [-0.39, 0.29) is 17.3 Å². The van der Waals surface area contributed by atoms with Gasteiger partial charge in [-0.05, 0) is 50.4 Å². The number of nitro groups is 1. The number of carbonyl (C=O) groups excluding carboxylic acids is 1. The van der Waals surface area contributed by atoms with Crippen LogP contribution < -0.4 is 10.6 Å². The number of benzene rings is 1. The van der Waals surface area contributed by atoms with E-state index < -0.39 is 4.92 Å². The van der Waals surface area contributed by atoms with Gasteiger partial charge in [0.15, 0.2) is 0 Å². The average molecular weight is 356 g/mol. The van der Waals surface area contributed by atoms with Crippen molar-refractivity contribution in [3.63, 3.8) is 0 Å². The lowest BCUT2D eigenvalue weighted by atomic mass is 9.93. The number of nitro benzene ring substituents is 1. The topological polar surface area (TPSA) is 84.3 Å². The van der Waals surface area contributed by atoms with E-state index in [1.165, 1.54) is 6.07 Å². The molecule has 7 heteroatoms. The van der Waals surface area contributed by atoms with Crippen molar-refractivity contribution in [2.75, 3.05) is 18.4 Å². The molecule has 1 aliphatic rings. The zero-order chi connectivity index (χ0) is 15.2. The van der Waals surface area contributed by atoms with E-state index in [2.05, 4.69) is 26.6 Å². The van der Waals surface area contributed by atoms with E-state index in [0.717, 1.165) is 32.4 Å². The Morgan fingerprint density at radius 2 is 2.14 bits per heavy atom. The summed E-state index contributed by atoms with van der Waals surface area (Å²) in [5.74, 6) is 0.399. The molecule has 1 aliphatic heterocycles. The van der Waals surface area contributed by atoms with Crippen molar-refractivity contribution in [2.45, 2.75) is 25.7 Å². The molecule has 6 nitrogen and oxygen atoms in total. The number of halogens is 1. The molecule has 1 fully saturated rings. The highest BCUT2D eigenvalue weighted by atomic mass is 79.9. The van der Waals surface area contributed by atoms with Gasteiger partial charge in [-0.2, -0.15) is 0 Å². The van der Waals surface area contributed by atoms with Crippen molar-refractivity contribution >= 4 is 33.2 Å². The van der Waals surface area contributed by atoms with E-state index in [1.54, 1.807) is 12.1 Å². The molecule has 1 aromatic carbocycles. The standard InChI is InChI=1S/C14H18BrN3O3/c15-11-2-3-12(13(9-11)18(20)21)17-14(19)4-1-10-5-7-16-8-6-10/h2-3,9-10,16H,1,4-8H2,(H,17,19). The number of nitrogens with one attached hydrogen (secondary N) is 2. The Hall–Kier alpha value is -1.47. The summed E-state index contributed by atoms with van der Waals surface area (Å²) >= 11 is 3.19. The lowest BCUT2D eigenvalue weighted by Gasteiger charge is -2.22. The van der Waals surface area contributed by atoms with Gasteiger partial charge in [-0.15, -0.1) is 0 Å². The summed E-state index contributed by atoms with van der Waals surface area (Å²) in [4.78, 5) is 22.4. The van der Waals surface area contributed by atoms with Crippen molar-refractivity contribution in [1.29, 1.82) is 0 Å². The molecular weight excluding hydrogens is 338 g/mol. The smallest absolute Gasteiger partial charge is 0.293 e. The van der Waals surface area contributed by atoms with Crippen LogP contribution in [0.4, 0.5) is 11.4 Å². The van der Waals surface area contributed by atoms with Crippen molar-refractivity contribution in [3.05, 3.63) is 32.8 Å². The first-order valence-electron chi connectivity index (χ1n) is 7.01. The van der Waals surface area contributed by atoms with Crippen LogP contribution in [0.3, 0.4) is 0 Å². The van der Waals surface area contributed by atoms with Gasteiger partial charge in [0, 0.05) is 17.0 Å². The van der Waals surface area contributed by atoms with Crippen molar-refractivity contribution in [1.82, 2.24) is 5.32 Å². The van der Waals surface area contributed by atoms with E-state index in [0.29, 0.717) is 16.8 Å². The van der Waals surface area contributed by atoms with Crippen molar-refractivity contribution in [2.24, 2.45) is 5.92 Å². The van der Waals surface area contributed by atoms with Gasteiger partial charge in [0.1, 0.15) is 5.69 Å². The van der Waals surface area contributed by atoms with Crippen molar-refractivity contribution < 1.29 is 9.72 Å². The monoisotopic (exact) mass is 355 g/mol. The molecule has 0 aromatic heterocycles. The average Bonchev–Trinajstić information content (AvgIpc) is 2.48. The molecule has 1 saturated heterocycles. The van der Waals surface area contributed by atoms with Crippen LogP contribution in [0.2, 0.25) is 0 Å². The third kappa shape index (κ3) is 4.78. The second-order valence-electron chi connectivity index (χ2n) is 5.20. The first-order chi connectivity index (χ1) is 10.1. The van der Waals surface area contributed by atoms with Crippen molar-refractivity contribution in [3.8, 4) is 0 Å². The Labute approximate surface area is 131 Å². The zero-order valence-electron chi connectivity index (χ0n) is 11.6. The van der Waals surface area contributed by atoms with Gasteiger partial charge < -0.3 is 10.6 Å². The number of hydrogen-bond donors (Lipinski definition) is 2. The number of rotatable bonds is 5. The largest absolute Gasteiger partial charge is 0.320 e. The normalized spacial score (nSPS) is 15.7. The minimum absolute atomic E-state index is 0.0976. The maximum absolute atomic E-state index is 12.0. The highest BCUT2D eigenvalue weighted by Crippen LogP contribution is 2.28. The van der Waals surface area contributed by atoms with Crippen LogP contribution >= 0.6 is 15.9 Å². The minimum Gasteiger partial charge on any atom is -0.320 e. The van der Waals surface area contributed by atoms with Gasteiger partial charge in [-0.1, -0.05) is 15.9 Å². The molecule has 114 valence electrons. The summed E-state index contributed by atoms with van der Waals surface area (Å²) < 4.78 is 0.613. The summed E-state index contributed by atoms with van der Waals surface area (Å²) in [6.07, 6.45) is 3.41. The molecule has 1 amide bonds. The first kappa shape index (κ1) is 15.9. The lowest BCUT2D eigenvalue weighted by molar-refractivity contribution is -0.384. The summed E-state index contributed by atoms with van der Waals surface area (Å²) in [6, 6.07) is 4.61. The fourth-order valence-corrected chi connectivity index (χ4v) is 2.83. The molecule has 0 saturated carbocycles. The number of carbonyl (C=O) groups is 1. The summed E-state index contributed by atoms with van der Waals surface area (Å²) in [7, 11) is 0. The van der Waals surface area contributed by atoms with Gasteiger partial charge >= 0.3 is 0 Å². The molecule has 0 aliphatic carbocycles. The molecular formula is C14H18BrN3O3. The van der Waals surface area contributed by atoms with Crippen LogP contribution in [0.1, 0.15) is 25.7 Å². The molecule has 0 spiro atoms. The predicted octanol–water partition coefficient (Wildman–Crippen LogP) is 3.08. The summed E-state index contributed by atoms with van der Waals surface area (Å²) in [5.41, 5.74) is 0.151. The Morgan fingerprint density at radius 1 is 1.43 bits per heavy atom. The molecule has 2 N–H and O–H groups in total. The molecule has 0 atom stereocenters. The van der Waals surface area contributed by atoms with E-state index >= 15 is 0 Å². The van der Waals surface area contributed by atoms with Crippen LogP contribution in [-0.4, -0.2) is 23.9 Å². The van der Waals surface area contributed by atoms with Crippen LogP contribution in [0.5, 0.6) is 0 Å². The SMILES string of the molecule is O=C(CCC1CCNCC1)Nc1ccc(Br)cc1[N+](=O)[O-]. The maximum atomic E-state index is 12.0. The Bertz CT molecular complexity index is 530. The third-order valence-corrected chi connectivity index (χ3v) is 4.16. The quantitative estimate of drug-likeness (QED) is 0.627. The molecule has 0 radical (unpaired) electrons. The number of piperidine rings is 1. The zero-order valence-corrected chi connectivity index (χ0v) is 13.2. The van der Waals surface area contributed by atoms with Crippen LogP contribution in [0.15, 0.2) is 22.7 Å². The minimum atomic E-state index is -0.493. The second-order valence-corrected chi connectivity index (χ2v) is 6.11. The molecule has 0 unspecified atom stereocenters. The molecule has 21 heavy (non-hydrogen) atoms. The molecule has 1 aromatic rings. The number of anilines is 1.